The van der Waals surface area contributed by atoms with Crippen molar-refractivity contribution in [3.8, 4) is 5.75 Å². The second-order valence-electron chi connectivity index (χ2n) is 5.03. The van der Waals surface area contributed by atoms with Crippen LogP contribution in [0, 0.1) is 13.8 Å². The van der Waals surface area contributed by atoms with Gasteiger partial charge >= 0.3 is 0 Å². The SMILES string of the molecule is CCNC(Cc1cccc(OC)c1)c1cc(C)oc1C. The van der Waals surface area contributed by atoms with Crippen LogP contribution in [0.25, 0.3) is 0 Å². The molecule has 1 unspecified atom stereocenters. The fraction of sp³-hybridized carbons (Fsp3) is 0.412. The monoisotopic (exact) mass is 273 g/mol. The first-order valence-electron chi connectivity index (χ1n) is 7.07. The Hall–Kier alpha value is -1.74. The highest BCUT2D eigenvalue weighted by molar-refractivity contribution is 5.31. The highest BCUT2D eigenvalue weighted by atomic mass is 16.5. The summed E-state index contributed by atoms with van der Waals surface area (Å²) >= 11 is 0. The minimum absolute atomic E-state index is 0.268. The zero-order valence-corrected chi connectivity index (χ0v) is 12.7. The normalized spacial score (nSPS) is 12.4. The van der Waals surface area contributed by atoms with Crippen LogP contribution in [-0.4, -0.2) is 13.7 Å². The summed E-state index contributed by atoms with van der Waals surface area (Å²) in [5.41, 5.74) is 2.50. The van der Waals surface area contributed by atoms with Crippen molar-refractivity contribution >= 4 is 0 Å². The van der Waals surface area contributed by atoms with E-state index in [4.69, 9.17) is 9.15 Å². The zero-order chi connectivity index (χ0) is 14.5. The topological polar surface area (TPSA) is 34.4 Å². The van der Waals surface area contributed by atoms with Crippen molar-refractivity contribution in [3.63, 3.8) is 0 Å². The lowest BCUT2D eigenvalue weighted by molar-refractivity contribution is 0.413. The summed E-state index contributed by atoms with van der Waals surface area (Å²) in [7, 11) is 1.70. The smallest absolute Gasteiger partial charge is 0.119 e. The predicted molar refractivity (Wildman–Crippen MR) is 81.3 cm³/mol. The van der Waals surface area contributed by atoms with Crippen LogP contribution < -0.4 is 10.1 Å². The first kappa shape index (κ1) is 14.7. The number of methoxy groups -OCH3 is 1. The molecule has 0 bridgehead atoms. The average Bonchev–Trinajstić information content (AvgIpc) is 2.77. The van der Waals surface area contributed by atoms with E-state index in [0.717, 1.165) is 30.2 Å². The van der Waals surface area contributed by atoms with Crippen LogP contribution >= 0.6 is 0 Å². The van der Waals surface area contributed by atoms with Gasteiger partial charge in [-0.15, -0.1) is 0 Å². The molecule has 0 amide bonds. The zero-order valence-electron chi connectivity index (χ0n) is 12.7. The molecule has 0 radical (unpaired) electrons. The number of rotatable bonds is 6. The maximum absolute atomic E-state index is 5.66. The molecule has 0 spiro atoms. The van der Waals surface area contributed by atoms with Crippen molar-refractivity contribution in [1.29, 1.82) is 0 Å². The number of furan rings is 1. The van der Waals surface area contributed by atoms with Gasteiger partial charge in [0.05, 0.1) is 7.11 Å². The molecule has 0 saturated heterocycles. The van der Waals surface area contributed by atoms with Crippen molar-refractivity contribution < 1.29 is 9.15 Å². The van der Waals surface area contributed by atoms with Crippen molar-refractivity contribution in [2.45, 2.75) is 33.2 Å². The molecule has 0 fully saturated rings. The van der Waals surface area contributed by atoms with Crippen molar-refractivity contribution in [2.75, 3.05) is 13.7 Å². The van der Waals surface area contributed by atoms with Gasteiger partial charge in [0, 0.05) is 11.6 Å². The fourth-order valence-electron chi connectivity index (χ4n) is 2.57. The Morgan fingerprint density at radius 1 is 1.25 bits per heavy atom. The van der Waals surface area contributed by atoms with Gasteiger partial charge in [0.15, 0.2) is 0 Å². The third kappa shape index (κ3) is 3.42. The largest absolute Gasteiger partial charge is 0.497 e. The van der Waals surface area contributed by atoms with E-state index in [1.807, 2.05) is 26.0 Å². The number of hydrogen-bond acceptors (Lipinski definition) is 3. The molecular formula is C17H23NO2. The average molecular weight is 273 g/mol. The number of aryl methyl sites for hydroxylation is 2. The van der Waals surface area contributed by atoms with E-state index in [1.54, 1.807) is 7.11 Å². The lowest BCUT2D eigenvalue weighted by Gasteiger charge is -2.18. The van der Waals surface area contributed by atoms with Gasteiger partial charge in [-0.05, 0) is 50.6 Å². The minimum Gasteiger partial charge on any atom is -0.497 e. The Labute approximate surface area is 121 Å². The molecule has 108 valence electrons. The Morgan fingerprint density at radius 2 is 2.05 bits per heavy atom. The second-order valence-corrected chi connectivity index (χ2v) is 5.03. The molecule has 2 aromatic rings. The van der Waals surface area contributed by atoms with Crippen molar-refractivity contribution in [3.05, 3.63) is 53.0 Å². The van der Waals surface area contributed by atoms with E-state index in [2.05, 4.69) is 30.4 Å². The summed E-state index contributed by atoms with van der Waals surface area (Å²) < 4.78 is 11.0. The quantitative estimate of drug-likeness (QED) is 0.869. The number of likely N-dealkylation sites (N-methyl/N-ethyl adjacent to an activating group) is 1. The lowest BCUT2D eigenvalue weighted by Crippen LogP contribution is -2.23. The summed E-state index contributed by atoms with van der Waals surface area (Å²) in [6.45, 7) is 7.07. The molecule has 1 atom stereocenters. The van der Waals surface area contributed by atoms with Gasteiger partial charge in [-0.25, -0.2) is 0 Å². The lowest BCUT2D eigenvalue weighted by atomic mass is 9.99. The number of nitrogens with one attached hydrogen (secondary N) is 1. The highest BCUT2D eigenvalue weighted by Gasteiger charge is 2.17. The Morgan fingerprint density at radius 3 is 2.65 bits per heavy atom. The van der Waals surface area contributed by atoms with Crippen LogP contribution in [0.2, 0.25) is 0 Å². The standard InChI is InChI=1S/C17H23NO2/c1-5-18-17(16-9-12(2)20-13(16)3)11-14-7-6-8-15(10-14)19-4/h6-10,17-18H,5,11H2,1-4H3. The molecule has 3 nitrogen and oxygen atoms in total. The summed E-state index contributed by atoms with van der Waals surface area (Å²) in [6, 6.07) is 10.6. The first-order chi connectivity index (χ1) is 9.63. The number of benzene rings is 1. The third-order valence-corrected chi connectivity index (χ3v) is 3.48. The van der Waals surface area contributed by atoms with Crippen LogP contribution in [0.1, 0.15) is 35.6 Å². The van der Waals surface area contributed by atoms with Gasteiger partial charge in [0.25, 0.3) is 0 Å². The van der Waals surface area contributed by atoms with E-state index in [-0.39, 0.29) is 6.04 Å². The highest BCUT2D eigenvalue weighted by Crippen LogP contribution is 2.26. The molecule has 3 heteroatoms. The van der Waals surface area contributed by atoms with Gasteiger partial charge in [0.1, 0.15) is 17.3 Å². The Balaban J connectivity index is 2.22. The van der Waals surface area contributed by atoms with Gasteiger partial charge < -0.3 is 14.5 Å². The van der Waals surface area contributed by atoms with Crippen LogP contribution in [-0.2, 0) is 6.42 Å². The van der Waals surface area contributed by atoms with Crippen molar-refractivity contribution in [1.82, 2.24) is 5.32 Å². The first-order valence-corrected chi connectivity index (χ1v) is 7.07. The predicted octanol–water partition coefficient (Wildman–Crippen LogP) is 3.80. The van der Waals surface area contributed by atoms with Crippen LogP contribution in [0.4, 0.5) is 0 Å². The van der Waals surface area contributed by atoms with E-state index in [9.17, 15) is 0 Å². The molecule has 2 rings (SSSR count). The molecule has 0 aliphatic rings. The maximum atomic E-state index is 5.66. The number of hydrogen-bond donors (Lipinski definition) is 1. The molecule has 1 N–H and O–H groups in total. The molecule has 0 saturated carbocycles. The van der Waals surface area contributed by atoms with E-state index in [1.165, 1.54) is 11.1 Å². The maximum Gasteiger partial charge on any atom is 0.119 e. The molecule has 20 heavy (non-hydrogen) atoms. The summed E-state index contributed by atoms with van der Waals surface area (Å²) in [5.74, 6) is 2.86. The van der Waals surface area contributed by atoms with Crippen LogP contribution in [0.15, 0.2) is 34.7 Å². The van der Waals surface area contributed by atoms with E-state index >= 15 is 0 Å². The summed E-state index contributed by atoms with van der Waals surface area (Å²) in [6.07, 6.45) is 0.921. The Kier molecular flexibility index (Phi) is 4.85. The molecule has 1 aromatic carbocycles. The second kappa shape index (κ2) is 6.62. The summed E-state index contributed by atoms with van der Waals surface area (Å²) in [5, 5.41) is 3.54. The molecule has 0 aliphatic heterocycles. The van der Waals surface area contributed by atoms with E-state index < -0.39 is 0 Å². The minimum atomic E-state index is 0.268. The third-order valence-electron chi connectivity index (χ3n) is 3.48. The van der Waals surface area contributed by atoms with Crippen LogP contribution in [0.3, 0.4) is 0 Å². The van der Waals surface area contributed by atoms with Gasteiger partial charge in [-0.1, -0.05) is 19.1 Å². The summed E-state index contributed by atoms with van der Waals surface area (Å²) in [4.78, 5) is 0. The molecule has 1 heterocycles. The van der Waals surface area contributed by atoms with Gasteiger partial charge in [-0.3, -0.25) is 0 Å². The molecule has 1 aromatic heterocycles. The van der Waals surface area contributed by atoms with Crippen LogP contribution in [0.5, 0.6) is 5.75 Å². The fourth-order valence-corrected chi connectivity index (χ4v) is 2.57. The van der Waals surface area contributed by atoms with Gasteiger partial charge in [-0.2, -0.15) is 0 Å². The molecular weight excluding hydrogens is 250 g/mol. The van der Waals surface area contributed by atoms with Crippen molar-refractivity contribution in [2.24, 2.45) is 0 Å². The van der Waals surface area contributed by atoms with E-state index in [0.29, 0.717) is 0 Å². The Bertz CT molecular complexity index is 560. The van der Waals surface area contributed by atoms with Gasteiger partial charge in [0.2, 0.25) is 0 Å². The number of ether oxygens (including phenoxy) is 1. The molecule has 0 aliphatic carbocycles.